The average molecular weight is 411 g/mol. The molecule has 0 aliphatic carbocycles. The molecule has 0 aliphatic rings. The van der Waals surface area contributed by atoms with E-state index < -0.39 is 17.5 Å². The summed E-state index contributed by atoms with van der Waals surface area (Å²) in [5.41, 5.74) is -0.354. The molecule has 1 heterocycles. The van der Waals surface area contributed by atoms with Crippen molar-refractivity contribution >= 4 is 22.8 Å². The van der Waals surface area contributed by atoms with E-state index in [-0.39, 0.29) is 16.9 Å². The number of fused-ring (bicyclic) bond motifs is 1. The van der Waals surface area contributed by atoms with Crippen molar-refractivity contribution in [2.75, 3.05) is 27.4 Å². The minimum atomic E-state index is -0.775. The number of hydrogen-bond acceptors (Lipinski definition) is 7. The van der Waals surface area contributed by atoms with E-state index in [0.29, 0.717) is 36.3 Å². The highest BCUT2D eigenvalue weighted by Crippen LogP contribution is 2.22. The second-order valence-electron chi connectivity index (χ2n) is 6.37. The molecule has 156 valence electrons. The SMILES string of the molecule is COCCCNC(=O)c1cc2ccc(OC(=O)c3cccc(OC)c3)cc2oc1=O. The van der Waals surface area contributed by atoms with Gasteiger partial charge in [-0.25, -0.2) is 9.59 Å². The van der Waals surface area contributed by atoms with E-state index in [0.717, 1.165) is 0 Å². The van der Waals surface area contributed by atoms with Crippen molar-refractivity contribution in [2.24, 2.45) is 0 Å². The van der Waals surface area contributed by atoms with Crippen molar-refractivity contribution in [3.05, 3.63) is 70.1 Å². The molecule has 8 heteroatoms. The van der Waals surface area contributed by atoms with Crippen LogP contribution in [0.15, 0.2) is 57.7 Å². The number of carbonyl (C=O) groups is 2. The summed E-state index contributed by atoms with van der Waals surface area (Å²) in [5, 5.41) is 3.17. The highest BCUT2D eigenvalue weighted by Gasteiger charge is 2.15. The van der Waals surface area contributed by atoms with Gasteiger partial charge in [0, 0.05) is 31.7 Å². The van der Waals surface area contributed by atoms with E-state index >= 15 is 0 Å². The van der Waals surface area contributed by atoms with Crippen LogP contribution in [0.4, 0.5) is 0 Å². The first-order valence-corrected chi connectivity index (χ1v) is 9.23. The van der Waals surface area contributed by atoms with Gasteiger partial charge in [0.15, 0.2) is 0 Å². The Hall–Kier alpha value is -3.65. The Bertz CT molecular complexity index is 1120. The van der Waals surface area contributed by atoms with E-state index in [1.807, 2.05) is 0 Å². The van der Waals surface area contributed by atoms with Gasteiger partial charge in [-0.15, -0.1) is 0 Å². The normalized spacial score (nSPS) is 10.6. The molecule has 1 aromatic heterocycles. The van der Waals surface area contributed by atoms with Crippen LogP contribution >= 0.6 is 0 Å². The van der Waals surface area contributed by atoms with Gasteiger partial charge in [0.2, 0.25) is 0 Å². The lowest BCUT2D eigenvalue weighted by atomic mass is 10.1. The van der Waals surface area contributed by atoms with Gasteiger partial charge in [0.05, 0.1) is 12.7 Å². The zero-order valence-corrected chi connectivity index (χ0v) is 16.6. The Morgan fingerprint density at radius 2 is 1.87 bits per heavy atom. The Morgan fingerprint density at radius 3 is 2.63 bits per heavy atom. The lowest BCUT2D eigenvalue weighted by molar-refractivity contribution is 0.0734. The van der Waals surface area contributed by atoms with Crippen molar-refractivity contribution in [1.82, 2.24) is 5.32 Å². The Balaban J connectivity index is 1.77. The molecule has 8 nitrogen and oxygen atoms in total. The van der Waals surface area contributed by atoms with E-state index in [1.54, 1.807) is 43.5 Å². The van der Waals surface area contributed by atoms with Crippen LogP contribution in [0.1, 0.15) is 27.1 Å². The molecule has 3 aromatic rings. The Kier molecular flexibility index (Phi) is 6.82. The van der Waals surface area contributed by atoms with Gasteiger partial charge in [0.1, 0.15) is 22.6 Å². The predicted molar refractivity (Wildman–Crippen MR) is 109 cm³/mol. The van der Waals surface area contributed by atoms with E-state index in [4.69, 9.17) is 18.6 Å². The van der Waals surface area contributed by atoms with Gasteiger partial charge in [-0.3, -0.25) is 4.79 Å². The zero-order chi connectivity index (χ0) is 21.5. The summed E-state index contributed by atoms with van der Waals surface area (Å²) in [7, 11) is 3.08. The molecule has 3 rings (SSSR count). The second kappa shape index (κ2) is 9.71. The monoisotopic (exact) mass is 411 g/mol. The van der Waals surface area contributed by atoms with Gasteiger partial charge < -0.3 is 23.9 Å². The molecule has 0 radical (unpaired) electrons. The van der Waals surface area contributed by atoms with Crippen LogP contribution in [-0.4, -0.2) is 39.2 Å². The molecule has 0 bridgehead atoms. The van der Waals surface area contributed by atoms with Gasteiger partial charge in [0.25, 0.3) is 5.91 Å². The lowest BCUT2D eigenvalue weighted by Crippen LogP contribution is -2.29. The number of esters is 1. The summed E-state index contributed by atoms with van der Waals surface area (Å²) in [6.07, 6.45) is 0.628. The van der Waals surface area contributed by atoms with Crippen molar-refractivity contribution in [3.63, 3.8) is 0 Å². The molecule has 0 spiro atoms. The van der Waals surface area contributed by atoms with E-state index in [2.05, 4.69) is 5.32 Å². The summed E-state index contributed by atoms with van der Waals surface area (Å²) >= 11 is 0. The Morgan fingerprint density at radius 1 is 1.03 bits per heavy atom. The molecule has 0 atom stereocenters. The summed E-state index contributed by atoms with van der Waals surface area (Å²) < 4.78 is 20.6. The van der Waals surface area contributed by atoms with E-state index in [9.17, 15) is 14.4 Å². The minimum absolute atomic E-state index is 0.0963. The number of methoxy groups -OCH3 is 2. The van der Waals surface area contributed by atoms with Gasteiger partial charge >= 0.3 is 11.6 Å². The smallest absolute Gasteiger partial charge is 0.349 e. The predicted octanol–water partition coefficient (Wildman–Crippen LogP) is 2.79. The third kappa shape index (κ3) is 5.03. The van der Waals surface area contributed by atoms with Crippen molar-refractivity contribution in [3.8, 4) is 11.5 Å². The maximum atomic E-state index is 12.3. The van der Waals surface area contributed by atoms with Crippen LogP contribution in [-0.2, 0) is 4.74 Å². The van der Waals surface area contributed by atoms with Crippen LogP contribution in [0.3, 0.4) is 0 Å². The molecule has 0 saturated carbocycles. The van der Waals surface area contributed by atoms with Gasteiger partial charge in [-0.05, 0) is 42.8 Å². The van der Waals surface area contributed by atoms with Gasteiger partial charge in [-0.1, -0.05) is 6.07 Å². The first-order chi connectivity index (χ1) is 14.5. The maximum Gasteiger partial charge on any atom is 0.349 e. The first-order valence-electron chi connectivity index (χ1n) is 9.23. The average Bonchev–Trinajstić information content (AvgIpc) is 2.76. The van der Waals surface area contributed by atoms with Crippen LogP contribution in [0.25, 0.3) is 11.0 Å². The second-order valence-corrected chi connectivity index (χ2v) is 6.37. The largest absolute Gasteiger partial charge is 0.497 e. The summed E-state index contributed by atoms with van der Waals surface area (Å²) in [6, 6.07) is 12.6. The molecule has 0 saturated heterocycles. The highest BCUT2D eigenvalue weighted by molar-refractivity contribution is 5.97. The maximum absolute atomic E-state index is 12.3. The van der Waals surface area contributed by atoms with E-state index in [1.165, 1.54) is 19.2 Å². The molecule has 0 fully saturated rings. The fourth-order valence-corrected chi connectivity index (χ4v) is 2.74. The van der Waals surface area contributed by atoms with Crippen molar-refractivity contribution in [2.45, 2.75) is 6.42 Å². The number of rotatable bonds is 8. The van der Waals surface area contributed by atoms with Crippen LogP contribution in [0.2, 0.25) is 0 Å². The quantitative estimate of drug-likeness (QED) is 0.263. The molecular weight excluding hydrogens is 390 g/mol. The molecule has 1 N–H and O–H groups in total. The topological polar surface area (TPSA) is 104 Å². The number of nitrogens with one attached hydrogen (secondary N) is 1. The van der Waals surface area contributed by atoms with Crippen molar-refractivity contribution < 1.29 is 28.2 Å². The van der Waals surface area contributed by atoms with Crippen LogP contribution in [0, 0.1) is 0 Å². The number of carbonyl (C=O) groups excluding carboxylic acids is 2. The molecule has 2 aromatic carbocycles. The molecule has 1 amide bonds. The van der Waals surface area contributed by atoms with Crippen LogP contribution in [0.5, 0.6) is 11.5 Å². The number of benzene rings is 2. The third-order valence-corrected chi connectivity index (χ3v) is 4.28. The Labute approximate surface area is 172 Å². The fraction of sp³-hybridized carbons (Fsp3) is 0.227. The minimum Gasteiger partial charge on any atom is -0.497 e. The fourth-order valence-electron chi connectivity index (χ4n) is 2.74. The number of ether oxygens (including phenoxy) is 3. The first kappa shape index (κ1) is 21.1. The van der Waals surface area contributed by atoms with Gasteiger partial charge in [-0.2, -0.15) is 0 Å². The molecule has 0 unspecified atom stereocenters. The molecular formula is C22H21NO7. The highest BCUT2D eigenvalue weighted by atomic mass is 16.5. The summed E-state index contributed by atoms with van der Waals surface area (Å²) in [4.78, 5) is 36.8. The summed E-state index contributed by atoms with van der Waals surface area (Å²) in [5.74, 6) is -0.366. The standard InChI is InChI=1S/C22H21NO7/c1-27-10-4-9-23-20(24)18-12-14-7-8-17(13-19(14)30-22(18)26)29-21(25)15-5-3-6-16(11-15)28-2/h3,5-8,11-13H,4,9-10H2,1-2H3,(H,23,24). The summed E-state index contributed by atoms with van der Waals surface area (Å²) in [6.45, 7) is 0.882. The number of hydrogen-bond donors (Lipinski definition) is 1. The lowest BCUT2D eigenvalue weighted by Gasteiger charge is -2.07. The van der Waals surface area contributed by atoms with Crippen molar-refractivity contribution in [1.29, 1.82) is 0 Å². The third-order valence-electron chi connectivity index (χ3n) is 4.28. The molecule has 30 heavy (non-hydrogen) atoms. The zero-order valence-electron chi connectivity index (χ0n) is 16.6. The van der Waals surface area contributed by atoms with Crippen LogP contribution < -0.4 is 20.4 Å². The molecule has 0 aliphatic heterocycles. The number of amides is 1.